The number of para-hydroxylation sites is 1. The predicted octanol–water partition coefficient (Wildman–Crippen LogP) is 1.02. The number of anilines is 2. The zero-order chi connectivity index (χ0) is 14.5. The van der Waals surface area contributed by atoms with Crippen LogP contribution >= 0.6 is 0 Å². The van der Waals surface area contributed by atoms with Gasteiger partial charge in [0.05, 0.1) is 6.54 Å². The maximum absolute atomic E-state index is 12.1. The largest absolute Gasteiger partial charge is 0.361 e. The molecule has 2 aromatic rings. The lowest BCUT2D eigenvalue weighted by Crippen LogP contribution is -2.36. The topological polar surface area (TPSA) is 70.2 Å². The molecule has 3 rings (SSSR count). The molecule has 0 saturated heterocycles. The Bertz CT molecular complexity index is 616. The summed E-state index contributed by atoms with van der Waals surface area (Å²) in [7, 11) is 0. The summed E-state index contributed by atoms with van der Waals surface area (Å²) in [6.07, 6.45) is 3.21. The van der Waals surface area contributed by atoms with Gasteiger partial charge in [0.25, 0.3) is 0 Å². The number of benzene rings is 1. The fourth-order valence-corrected chi connectivity index (χ4v) is 2.39. The Balaban J connectivity index is 1.71. The van der Waals surface area contributed by atoms with E-state index >= 15 is 0 Å². The summed E-state index contributed by atoms with van der Waals surface area (Å²) < 4.78 is 0. The number of amides is 1. The molecule has 0 saturated carbocycles. The number of carbonyl (C=O) groups is 1. The Hall–Kier alpha value is -2.47. The van der Waals surface area contributed by atoms with Crippen molar-refractivity contribution in [3.05, 3.63) is 48.3 Å². The van der Waals surface area contributed by atoms with E-state index < -0.39 is 0 Å². The third kappa shape index (κ3) is 3.35. The second-order valence-corrected chi connectivity index (χ2v) is 4.85. The molecule has 0 unspecified atom stereocenters. The van der Waals surface area contributed by atoms with E-state index in [1.165, 1.54) is 5.56 Å². The number of nitrogens with zero attached hydrogens (tertiary/aromatic N) is 3. The monoisotopic (exact) mass is 283 g/mol. The minimum atomic E-state index is -0.113. The van der Waals surface area contributed by atoms with Crippen LogP contribution in [0.25, 0.3) is 0 Å². The van der Waals surface area contributed by atoms with Crippen molar-refractivity contribution in [3.63, 3.8) is 0 Å². The first-order chi connectivity index (χ1) is 10.3. The highest BCUT2D eigenvalue weighted by Gasteiger charge is 2.17. The van der Waals surface area contributed by atoms with Crippen LogP contribution in [0.5, 0.6) is 0 Å². The summed E-state index contributed by atoms with van der Waals surface area (Å²) in [5.74, 6) is 0.224. The maximum atomic E-state index is 12.1. The van der Waals surface area contributed by atoms with Crippen molar-refractivity contribution in [2.45, 2.75) is 6.54 Å². The predicted molar refractivity (Wildman–Crippen MR) is 81.0 cm³/mol. The van der Waals surface area contributed by atoms with Crippen LogP contribution in [0.2, 0.25) is 0 Å². The summed E-state index contributed by atoms with van der Waals surface area (Å²) in [6, 6.07) is 9.86. The van der Waals surface area contributed by atoms with E-state index in [1.54, 1.807) is 18.5 Å². The van der Waals surface area contributed by atoms with Crippen molar-refractivity contribution >= 4 is 17.5 Å². The number of rotatable bonds is 3. The number of hydrogen-bond donors (Lipinski definition) is 2. The van der Waals surface area contributed by atoms with E-state index in [-0.39, 0.29) is 12.5 Å². The molecule has 2 N–H and O–H groups in total. The second kappa shape index (κ2) is 6.32. The molecule has 1 aliphatic rings. The van der Waals surface area contributed by atoms with Gasteiger partial charge >= 0.3 is 0 Å². The van der Waals surface area contributed by atoms with Crippen molar-refractivity contribution in [2.24, 2.45) is 0 Å². The first kappa shape index (κ1) is 13.5. The quantitative estimate of drug-likeness (QED) is 0.880. The van der Waals surface area contributed by atoms with Crippen molar-refractivity contribution < 1.29 is 4.79 Å². The fraction of sp³-hybridized carbons (Fsp3) is 0.267. The molecule has 1 aromatic heterocycles. The lowest BCUT2D eigenvalue weighted by Gasteiger charge is -2.23. The molecule has 1 aliphatic heterocycles. The highest BCUT2D eigenvalue weighted by atomic mass is 16.2. The van der Waals surface area contributed by atoms with Crippen LogP contribution < -0.4 is 15.5 Å². The minimum Gasteiger partial charge on any atom is -0.361 e. The average molecular weight is 283 g/mol. The molecule has 6 nitrogen and oxygen atoms in total. The van der Waals surface area contributed by atoms with Crippen molar-refractivity contribution in [2.75, 3.05) is 29.9 Å². The molecule has 0 bridgehead atoms. The SMILES string of the molecule is O=C(CN1CCNCc2ccccc21)Nc1ncccn1. The van der Waals surface area contributed by atoms with E-state index in [0.717, 1.165) is 25.3 Å². The van der Waals surface area contributed by atoms with Crippen LogP contribution in [-0.4, -0.2) is 35.5 Å². The van der Waals surface area contributed by atoms with Gasteiger partial charge in [0.1, 0.15) is 0 Å². The number of carbonyl (C=O) groups excluding carboxylic acids is 1. The summed E-state index contributed by atoms with van der Waals surface area (Å²) in [5.41, 5.74) is 2.31. The second-order valence-electron chi connectivity index (χ2n) is 4.85. The van der Waals surface area contributed by atoms with Crippen LogP contribution in [0, 0.1) is 0 Å². The summed E-state index contributed by atoms with van der Waals surface area (Å²) >= 11 is 0. The Morgan fingerprint density at radius 3 is 2.90 bits per heavy atom. The first-order valence-corrected chi connectivity index (χ1v) is 6.93. The third-order valence-electron chi connectivity index (χ3n) is 3.36. The lowest BCUT2D eigenvalue weighted by molar-refractivity contribution is -0.115. The molecular formula is C15H17N5O. The molecular weight excluding hydrogens is 266 g/mol. The van der Waals surface area contributed by atoms with Gasteiger partial charge < -0.3 is 10.2 Å². The normalized spacial score (nSPS) is 14.2. The first-order valence-electron chi connectivity index (χ1n) is 6.93. The Morgan fingerprint density at radius 1 is 1.24 bits per heavy atom. The van der Waals surface area contributed by atoms with Crippen LogP contribution in [0.1, 0.15) is 5.56 Å². The fourth-order valence-electron chi connectivity index (χ4n) is 2.39. The Kier molecular flexibility index (Phi) is 4.07. The standard InChI is InChI=1S/C15H17N5O/c21-14(19-15-17-6-3-7-18-15)11-20-9-8-16-10-12-4-1-2-5-13(12)20/h1-7,16H,8-11H2,(H,17,18,19,21). The van der Waals surface area contributed by atoms with Gasteiger partial charge in [0.15, 0.2) is 0 Å². The lowest BCUT2D eigenvalue weighted by atomic mass is 10.1. The molecule has 21 heavy (non-hydrogen) atoms. The summed E-state index contributed by atoms with van der Waals surface area (Å²) in [5, 5.41) is 6.08. The number of hydrogen-bond acceptors (Lipinski definition) is 5. The molecule has 6 heteroatoms. The van der Waals surface area contributed by atoms with E-state index in [2.05, 4.69) is 37.6 Å². The average Bonchev–Trinajstić information content (AvgIpc) is 2.71. The summed E-state index contributed by atoms with van der Waals surface area (Å²) in [6.45, 7) is 2.76. The molecule has 1 amide bonds. The van der Waals surface area contributed by atoms with Gasteiger partial charge in [0, 0.05) is 37.7 Å². The van der Waals surface area contributed by atoms with Crippen LogP contribution in [0.3, 0.4) is 0 Å². The van der Waals surface area contributed by atoms with Gasteiger partial charge in [-0.15, -0.1) is 0 Å². The number of aromatic nitrogens is 2. The van der Waals surface area contributed by atoms with E-state index in [0.29, 0.717) is 5.95 Å². The molecule has 1 aromatic carbocycles. The zero-order valence-electron chi connectivity index (χ0n) is 11.6. The van der Waals surface area contributed by atoms with Crippen LogP contribution in [-0.2, 0) is 11.3 Å². The van der Waals surface area contributed by atoms with Gasteiger partial charge in [-0.3, -0.25) is 10.1 Å². The van der Waals surface area contributed by atoms with Crippen molar-refractivity contribution in [1.82, 2.24) is 15.3 Å². The van der Waals surface area contributed by atoms with E-state index in [1.807, 2.05) is 12.1 Å². The van der Waals surface area contributed by atoms with Gasteiger partial charge in [-0.2, -0.15) is 0 Å². The van der Waals surface area contributed by atoms with Gasteiger partial charge in [-0.25, -0.2) is 9.97 Å². The maximum Gasteiger partial charge on any atom is 0.246 e. The smallest absolute Gasteiger partial charge is 0.246 e. The van der Waals surface area contributed by atoms with E-state index in [9.17, 15) is 4.79 Å². The molecule has 0 fully saturated rings. The molecule has 108 valence electrons. The van der Waals surface area contributed by atoms with Crippen molar-refractivity contribution in [1.29, 1.82) is 0 Å². The molecule has 0 atom stereocenters. The minimum absolute atomic E-state index is 0.113. The third-order valence-corrected chi connectivity index (χ3v) is 3.36. The zero-order valence-corrected chi connectivity index (χ0v) is 11.6. The van der Waals surface area contributed by atoms with Gasteiger partial charge in [0.2, 0.25) is 11.9 Å². The van der Waals surface area contributed by atoms with Crippen LogP contribution in [0.15, 0.2) is 42.7 Å². The molecule has 0 radical (unpaired) electrons. The highest BCUT2D eigenvalue weighted by molar-refractivity contribution is 5.92. The molecule has 0 spiro atoms. The van der Waals surface area contributed by atoms with Gasteiger partial charge in [-0.05, 0) is 17.7 Å². The van der Waals surface area contributed by atoms with Crippen LogP contribution in [0.4, 0.5) is 11.6 Å². The Morgan fingerprint density at radius 2 is 2.05 bits per heavy atom. The molecule has 2 heterocycles. The Labute approximate surface area is 123 Å². The molecule has 0 aliphatic carbocycles. The highest BCUT2D eigenvalue weighted by Crippen LogP contribution is 2.21. The summed E-state index contributed by atoms with van der Waals surface area (Å²) in [4.78, 5) is 22.2. The van der Waals surface area contributed by atoms with E-state index in [4.69, 9.17) is 0 Å². The van der Waals surface area contributed by atoms with Crippen molar-refractivity contribution in [3.8, 4) is 0 Å². The van der Waals surface area contributed by atoms with Gasteiger partial charge in [-0.1, -0.05) is 18.2 Å². The number of fused-ring (bicyclic) bond motifs is 1. The number of nitrogens with one attached hydrogen (secondary N) is 2.